The minimum Gasteiger partial charge on any atom is -0.380 e. The highest BCUT2D eigenvalue weighted by atomic mass is 79.9. The maximum atomic E-state index is 12.1. The SMILES string of the molecule is C=CCn1ncc(NC2CCC(SCC)C2)c(Br)c1=O. The molecule has 0 saturated heterocycles. The third kappa shape index (κ3) is 3.67. The highest BCUT2D eigenvalue weighted by Crippen LogP contribution is 2.32. The van der Waals surface area contributed by atoms with Crippen LogP contribution in [0.2, 0.25) is 0 Å². The van der Waals surface area contributed by atoms with Gasteiger partial charge in [0, 0.05) is 11.3 Å². The van der Waals surface area contributed by atoms with Crippen molar-refractivity contribution >= 4 is 33.4 Å². The summed E-state index contributed by atoms with van der Waals surface area (Å²) in [6.45, 7) is 6.25. The molecule has 110 valence electrons. The van der Waals surface area contributed by atoms with Gasteiger partial charge in [0.1, 0.15) is 4.47 Å². The average Bonchev–Trinajstić information content (AvgIpc) is 2.86. The zero-order chi connectivity index (χ0) is 14.5. The summed E-state index contributed by atoms with van der Waals surface area (Å²) in [6.07, 6.45) is 6.93. The number of rotatable bonds is 6. The Balaban J connectivity index is 2.05. The maximum Gasteiger partial charge on any atom is 0.283 e. The van der Waals surface area contributed by atoms with Gasteiger partial charge in [-0.05, 0) is 40.9 Å². The molecule has 20 heavy (non-hydrogen) atoms. The third-order valence-corrected chi connectivity index (χ3v) is 5.43. The van der Waals surface area contributed by atoms with E-state index < -0.39 is 0 Å². The minimum atomic E-state index is -0.118. The number of aromatic nitrogens is 2. The highest BCUT2D eigenvalue weighted by molar-refractivity contribution is 9.10. The molecule has 1 aliphatic carbocycles. The Morgan fingerprint density at radius 2 is 2.45 bits per heavy atom. The second-order valence-electron chi connectivity index (χ2n) is 4.88. The Bertz CT molecular complexity index is 532. The summed E-state index contributed by atoms with van der Waals surface area (Å²) in [5.74, 6) is 1.17. The predicted molar refractivity (Wildman–Crippen MR) is 89.6 cm³/mol. The molecule has 0 aromatic carbocycles. The van der Waals surface area contributed by atoms with Crippen molar-refractivity contribution in [3.8, 4) is 0 Å². The molecule has 1 saturated carbocycles. The van der Waals surface area contributed by atoms with Crippen LogP contribution in [-0.2, 0) is 6.54 Å². The van der Waals surface area contributed by atoms with Gasteiger partial charge in [-0.2, -0.15) is 16.9 Å². The van der Waals surface area contributed by atoms with Crippen LogP contribution in [0.5, 0.6) is 0 Å². The van der Waals surface area contributed by atoms with Gasteiger partial charge in [0.2, 0.25) is 0 Å². The quantitative estimate of drug-likeness (QED) is 0.793. The Hall–Kier alpha value is -0.750. The number of anilines is 1. The van der Waals surface area contributed by atoms with E-state index in [4.69, 9.17) is 0 Å². The Morgan fingerprint density at radius 1 is 1.65 bits per heavy atom. The van der Waals surface area contributed by atoms with Crippen molar-refractivity contribution < 1.29 is 0 Å². The number of nitrogens with one attached hydrogen (secondary N) is 1. The van der Waals surface area contributed by atoms with Crippen molar-refractivity contribution in [1.82, 2.24) is 9.78 Å². The van der Waals surface area contributed by atoms with Gasteiger partial charge in [-0.1, -0.05) is 13.0 Å². The van der Waals surface area contributed by atoms with Gasteiger partial charge in [0.15, 0.2) is 0 Å². The molecule has 1 aliphatic rings. The maximum absolute atomic E-state index is 12.1. The summed E-state index contributed by atoms with van der Waals surface area (Å²) < 4.78 is 1.95. The summed E-state index contributed by atoms with van der Waals surface area (Å²) in [5, 5.41) is 8.35. The van der Waals surface area contributed by atoms with Crippen molar-refractivity contribution in [1.29, 1.82) is 0 Å². The van der Waals surface area contributed by atoms with Crippen LogP contribution in [-0.4, -0.2) is 26.8 Å². The summed E-state index contributed by atoms with van der Waals surface area (Å²) in [5.41, 5.74) is 0.676. The van der Waals surface area contributed by atoms with Gasteiger partial charge in [-0.25, -0.2) is 4.68 Å². The first-order valence-electron chi connectivity index (χ1n) is 6.90. The Labute approximate surface area is 132 Å². The van der Waals surface area contributed by atoms with Crippen LogP contribution in [0.4, 0.5) is 5.69 Å². The van der Waals surface area contributed by atoms with E-state index in [9.17, 15) is 4.79 Å². The average molecular weight is 358 g/mol. The molecular weight excluding hydrogens is 338 g/mol. The number of hydrogen-bond donors (Lipinski definition) is 1. The largest absolute Gasteiger partial charge is 0.380 e. The molecule has 0 radical (unpaired) electrons. The second-order valence-corrected chi connectivity index (χ2v) is 7.25. The number of allylic oxidation sites excluding steroid dienone is 1. The topological polar surface area (TPSA) is 46.9 Å². The van der Waals surface area contributed by atoms with Crippen molar-refractivity contribution in [2.75, 3.05) is 11.1 Å². The lowest BCUT2D eigenvalue weighted by atomic mass is 10.2. The molecule has 1 heterocycles. The first-order chi connectivity index (χ1) is 9.65. The molecule has 1 aromatic heterocycles. The van der Waals surface area contributed by atoms with E-state index in [1.807, 2.05) is 11.8 Å². The predicted octanol–water partition coefficient (Wildman–Crippen LogP) is 3.28. The Morgan fingerprint density at radius 3 is 3.15 bits per heavy atom. The molecule has 2 atom stereocenters. The molecule has 1 aromatic rings. The smallest absolute Gasteiger partial charge is 0.283 e. The summed E-state index contributed by atoms with van der Waals surface area (Å²) in [7, 11) is 0. The fourth-order valence-electron chi connectivity index (χ4n) is 2.50. The van der Waals surface area contributed by atoms with Gasteiger partial charge in [-0.15, -0.1) is 6.58 Å². The molecule has 1 fully saturated rings. The van der Waals surface area contributed by atoms with Gasteiger partial charge >= 0.3 is 0 Å². The van der Waals surface area contributed by atoms with Gasteiger partial charge in [-0.3, -0.25) is 4.79 Å². The van der Waals surface area contributed by atoms with E-state index in [1.54, 1.807) is 12.3 Å². The van der Waals surface area contributed by atoms with Crippen molar-refractivity contribution in [2.24, 2.45) is 0 Å². The van der Waals surface area contributed by atoms with Gasteiger partial charge in [0.05, 0.1) is 18.4 Å². The lowest BCUT2D eigenvalue weighted by molar-refractivity contribution is 0.646. The lowest BCUT2D eigenvalue weighted by Crippen LogP contribution is -2.26. The molecule has 2 unspecified atom stereocenters. The van der Waals surface area contributed by atoms with Crippen LogP contribution >= 0.6 is 27.7 Å². The number of hydrogen-bond acceptors (Lipinski definition) is 4. The van der Waals surface area contributed by atoms with Gasteiger partial charge in [0.25, 0.3) is 5.56 Å². The normalized spacial score (nSPS) is 21.9. The first kappa shape index (κ1) is 15.6. The fourth-order valence-corrected chi connectivity index (χ4v) is 4.06. The molecule has 2 rings (SSSR count). The molecule has 4 nitrogen and oxygen atoms in total. The number of thioether (sulfide) groups is 1. The van der Waals surface area contributed by atoms with E-state index in [1.165, 1.54) is 16.9 Å². The molecule has 1 N–H and O–H groups in total. The lowest BCUT2D eigenvalue weighted by Gasteiger charge is -2.15. The van der Waals surface area contributed by atoms with E-state index in [2.05, 4.69) is 39.8 Å². The molecule has 6 heteroatoms. The molecule has 0 aliphatic heterocycles. The fraction of sp³-hybridized carbons (Fsp3) is 0.571. The summed E-state index contributed by atoms with van der Waals surface area (Å²) >= 11 is 5.40. The second kappa shape index (κ2) is 7.31. The molecular formula is C14H20BrN3OS. The van der Waals surface area contributed by atoms with Crippen molar-refractivity contribution in [3.63, 3.8) is 0 Å². The van der Waals surface area contributed by atoms with Crippen LogP contribution < -0.4 is 10.9 Å². The summed E-state index contributed by atoms with van der Waals surface area (Å²) in [6, 6.07) is 0.437. The van der Waals surface area contributed by atoms with E-state index in [0.29, 0.717) is 17.1 Å². The van der Waals surface area contributed by atoms with Crippen LogP contribution in [0.25, 0.3) is 0 Å². The third-order valence-electron chi connectivity index (χ3n) is 3.43. The summed E-state index contributed by atoms with van der Waals surface area (Å²) in [4.78, 5) is 12.1. The zero-order valence-electron chi connectivity index (χ0n) is 11.6. The number of halogens is 1. The number of nitrogens with zero attached hydrogens (tertiary/aromatic N) is 2. The van der Waals surface area contributed by atoms with Crippen LogP contribution in [0.3, 0.4) is 0 Å². The van der Waals surface area contributed by atoms with Gasteiger partial charge < -0.3 is 5.32 Å². The van der Waals surface area contributed by atoms with Crippen LogP contribution in [0, 0.1) is 0 Å². The minimum absolute atomic E-state index is 0.118. The van der Waals surface area contributed by atoms with Crippen molar-refractivity contribution in [2.45, 2.75) is 44.0 Å². The first-order valence-corrected chi connectivity index (χ1v) is 8.74. The molecule has 0 spiro atoms. The molecule has 0 amide bonds. The van der Waals surface area contributed by atoms with Crippen LogP contribution in [0.15, 0.2) is 28.1 Å². The zero-order valence-corrected chi connectivity index (χ0v) is 14.0. The highest BCUT2D eigenvalue weighted by Gasteiger charge is 2.25. The van der Waals surface area contributed by atoms with Crippen molar-refractivity contribution in [3.05, 3.63) is 33.7 Å². The van der Waals surface area contributed by atoms with E-state index >= 15 is 0 Å². The molecule has 0 bridgehead atoms. The van der Waals surface area contributed by atoms with Crippen LogP contribution in [0.1, 0.15) is 26.2 Å². The van der Waals surface area contributed by atoms with E-state index in [-0.39, 0.29) is 5.56 Å². The Kier molecular flexibility index (Phi) is 5.72. The standard InChI is InChI=1S/C14H20BrN3OS/c1-3-7-18-14(19)13(15)12(9-16-18)17-10-5-6-11(8-10)20-4-2/h3,9-11,17H,1,4-8H2,2H3. The monoisotopic (exact) mass is 357 g/mol. The van der Waals surface area contributed by atoms with E-state index in [0.717, 1.165) is 23.8 Å².